The van der Waals surface area contributed by atoms with E-state index in [1.165, 1.54) is 6.92 Å². The fourth-order valence-corrected chi connectivity index (χ4v) is 2.14. The second kappa shape index (κ2) is 5.17. The highest BCUT2D eigenvalue weighted by molar-refractivity contribution is 5.94. The number of rotatable bonds is 3. The molecule has 3 aromatic rings. The van der Waals surface area contributed by atoms with Crippen LogP contribution in [-0.2, 0) is 11.3 Å². The molecule has 2 heterocycles. The Morgan fingerprint density at radius 3 is 2.90 bits per heavy atom. The summed E-state index contributed by atoms with van der Waals surface area (Å²) in [5.74, 6) is 1.41. The summed E-state index contributed by atoms with van der Waals surface area (Å²) in [5, 5.41) is 4.89. The van der Waals surface area contributed by atoms with Crippen LogP contribution >= 0.6 is 0 Å². The molecule has 0 aliphatic rings. The van der Waals surface area contributed by atoms with E-state index in [-0.39, 0.29) is 5.91 Å². The molecule has 1 N–H and O–H groups in total. The van der Waals surface area contributed by atoms with Crippen molar-refractivity contribution in [3.8, 4) is 11.3 Å². The minimum atomic E-state index is -0.0743. The van der Waals surface area contributed by atoms with Gasteiger partial charge in [-0.1, -0.05) is 24.3 Å². The van der Waals surface area contributed by atoms with Crippen molar-refractivity contribution in [1.82, 2.24) is 10.3 Å². The third-order valence-corrected chi connectivity index (χ3v) is 3.11. The van der Waals surface area contributed by atoms with Crippen molar-refractivity contribution in [2.75, 3.05) is 0 Å². The largest absolute Gasteiger partial charge is 0.459 e. The zero-order valence-electron chi connectivity index (χ0n) is 11.1. The highest BCUT2D eigenvalue weighted by atomic mass is 16.3. The second-order valence-corrected chi connectivity index (χ2v) is 4.58. The van der Waals surface area contributed by atoms with E-state index >= 15 is 0 Å². The van der Waals surface area contributed by atoms with Crippen LogP contribution in [0.4, 0.5) is 0 Å². The lowest BCUT2D eigenvalue weighted by Gasteiger charge is -2.03. The highest BCUT2D eigenvalue weighted by Crippen LogP contribution is 2.28. The highest BCUT2D eigenvalue weighted by Gasteiger charge is 2.09. The summed E-state index contributed by atoms with van der Waals surface area (Å²) in [6.07, 6.45) is 3.63. The van der Waals surface area contributed by atoms with Crippen LogP contribution in [-0.4, -0.2) is 10.9 Å². The number of furan rings is 1. The first-order chi connectivity index (χ1) is 9.74. The fourth-order valence-electron chi connectivity index (χ4n) is 2.14. The molecule has 4 heteroatoms. The zero-order chi connectivity index (χ0) is 13.9. The molecule has 0 radical (unpaired) electrons. The lowest BCUT2D eigenvalue weighted by atomic mass is 10.1. The number of amides is 1. The van der Waals surface area contributed by atoms with Gasteiger partial charge in [0, 0.05) is 30.3 Å². The van der Waals surface area contributed by atoms with Gasteiger partial charge in [0.15, 0.2) is 0 Å². The third kappa shape index (κ3) is 2.40. The van der Waals surface area contributed by atoms with Crippen LogP contribution in [0.3, 0.4) is 0 Å². The van der Waals surface area contributed by atoms with Gasteiger partial charge in [0.2, 0.25) is 5.91 Å². The molecule has 0 saturated heterocycles. The Labute approximate surface area is 116 Å². The Morgan fingerprint density at radius 2 is 2.05 bits per heavy atom. The monoisotopic (exact) mass is 266 g/mol. The van der Waals surface area contributed by atoms with Gasteiger partial charge in [-0.15, -0.1) is 0 Å². The molecular weight excluding hydrogens is 252 g/mol. The number of carbonyl (C=O) groups excluding carboxylic acids is 1. The number of benzene rings is 1. The molecule has 3 rings (SSSR count). The zero-order valence-corrected chi connectivity index (χ0v) is 11.1. The summed E-state index contributed by atoms with van der Waals surface area (Å²) in [6.45, 7) is 1.88. The normalized spacial score (nSPS) is 10.7. The molecule has 100 valence electrons. The maximum atomic E-state index is 10.9. The van der Waals surface area contributed by atoms with Crippen molar-refractivity contribution in [2.45, 2.75) is 13.5 Å². The molecule has 1 amide bonds. The Kier molecular flexibility index (Phi) is 3.21. The van der Waals surface area contributed by atoms with E-state index in [4.69, 9.17) is 4.42 Å². The molecule has 0 aliphatic heterocycles. The lowest BCUT2D eigenvalue weighted by molar-refractivity contribution is -0.119. The summed E-state index contributed by atoms with van der Waals surface area (Å²) in [5.41, 5.74) is 0.956. The number of nitrogens with zero attached hydrogens (tertiary/aromatic N) is 1. The Hall–Kier alpha value is -2.62. The Balaban J connectivity index is 1.97. The van der Waals surface area contributed by atoms with E-state index in [0.29, 0.717) is 6.54 Å². The molecule has 0 fully saturated rings. The van der Waals surface area contributed by atoms with Crippen molar-refractivity contribution in [2.24, 2.45) is 0 Å². The fraction of sp³-hybridized carbons (Fsp3) is 0.125. The standard InChI is InChI=1S/C16H14N2O2/c1-11(19)18-9-13-6-7-16(20-13)15-10-17-8-12-4-2-3-5-14(12)15/h2-8,10H,9H2,1H3,(H,18,19). The van der Waals surface area contributed by atoms with E-state index in [1.807, 2.05) is 42.6 Å². The Morgan fingerprint density at radius 1 is 1.20 bits per heavy atom. The lowest BCUT2D eigenvalue weighted by Crippen LogP contribution is -2.18. The number of carbonyl (C=O) groups is 1. The molecule has 0 atom stereocenters. The van der Waals surface area contributed by atoms with Gasteiger partial charge in [-0.25, -0.2) is 0 Å². The first-order valence-electron chi connectivity index (χ1n) is 6.40. The maximum Gasteiger partial charge on any atom is 0.217 e. The third-order valence-electron chi connectivity index (χ3n) is 3.11. The number of aromatic nitrogens is 1. The first-order valence-corrected chi connectivity index (χ1v) is 6.40. The van der Waals surface area contributed by atoms with Gasteiger partial charge in [-0.2, -0.15) is 0 Å². The quantitative estimate of drug-likeness (QED) is 0.792. The van der Waals surface area contributed by atoms with Crippen molar-refractivity contribution < 1.29 is 9.21 Å². The number of nitrogens with one attached hydrogen (secondary N) is 1. The summed E-state index contributed by atoms with van der Waals surface area (Å²) >= 11 is 0. The second-order valence-electron chi connectivity index (χ2n) is 4.58. The van der Waals surface area contributed by atoms with Crippen LogP contribution in [0.1, 0.15) is 12.7 Å². The SMILES string of the molecule is CC(=O)NCc1ccc(-c2cncc3ccccc23)o1. The topological polar surface area (TPSA) is 55.1 Å². The van der Waals surface area contributed by atoms with E-state index in [1.54, 1.807) is 6.20 Å². The van der Waals surface area contributed by atoms with Crippen molar-refractivity contribution in [3.63, 3.8) is 0 Å². The van der Waals surface area contributed by atoms with Gasteiger partial charge in [0.25, 0.3) is 0 Å². The number of hydrogen-bond acceptors (Lipinski definition) is 3. The van der Waals surface area contributed by atoms with Gasteiger partial charge in [0.1, 0.15) is 11.5 Å². The molecule has 0 spiro atoms. The maximum absolute atomic E-state index is 10.9. The van der Waals surface area contributed by atoms with Crippen LogP contribution in [0, 0.1) is 0 Å². The average Bonchev–Trinajstić information content (AvgIpc) is 2.93. The minimum absolute atomic E-state index is 0.0743. The summed E-state index contributed by atoms with van der Waals surface area (Å²) in [4.78, 5) is 15.1. The van der Waals surface area contributed by atoms with Crippen molar-refractivity contribution >= 4 is 16.7 Å². The minimum Gasteiger partial charge on any atom is -0.459 e. The molecular formula is C16H14N2O2. The molecule has 2 aromatic heterocycles. The molecule has 0 saturated carbocycles. The van der Waals surface area contributed by atoms with E-state index in [0.717, 1.165) is 27.9 Å². The first kappa shape index (κ1) is 12.4. The van der Waals surface area contributed by atoms with Gasteiger partial charge < -0.3 is 9.73 Å². The molecule has 4 nitrogen and oxygen atoms in total. The predicted molar refractivity (Wildman–Crippen MR) is 77.0 cm³/mol. The number of hydrogen-bond donors (Lipinski definition) is 1. The predicted octanol–water partition coefficient (Wildman–Crippen LogP) is 3.13. The van der Waals surface area contributed by atoms with E-state index in [2.05, 4.69) is 10.3 Å². The Bertz CT molecular complexity index is 757. The van der Waals surface area contributed by atoms with Crippen LogP contribution in [0.2, 0.25) is 0 Å². The number of pyridine rings is 1. The van der Waals surface area contributed by atoms with Gasteiger partial charge in [-0.05, 0) is 17.5 Å². The van der Waals surface area contributed by atoms with Crippen LogP contribution < -0.4 is 5.32 Å². The van der Waals surface area contributed by atoms with Crippen LogP contribution in [0.15, 0.2) is 53.2 Å². The summed E-state index contributed by atoms with van der Waals surface area (Å²) < 4.78 is 5.77. The van der Waals surface area contributed by atoms with Gasteiger partial charge >= 0.3 is 0 Å². The average molecular weight is 266 g/mol. The van der Waals surface area contributed by atoms with E-state index in [9.17, 15) is 4.79 Å². The summed E-state index contributed by atoms with van der Waals surface area (Å²) in [7, 11) is 0. The van der Waals surface area contributed by atoms with Crippen molar-refractivity contribution in [3.05, 3.63) is 54.6 Å². The van der Waals surface area contributed by atoms with Crippen LogP contribution in [0.5, 0.6) is 0 Å². The van der Waals surface area contributed by atoms with Gasteiger partial charge in [-0.3, -0.25) is 9.78 Å². The molecule has 0 unspecified atom stereocenters. The van der Waals surface area contributed by atoms with Crippen LogP contribution in [0.25, 0.3) is 22.1 Å². The number of fused-ring (bicyclic) bond motifs is 1. The molecule has 0 aliphatic carbocycles. The molecule has 20 heavy (non-hydrogen) atoms. The summed E-state index contributed by atoms with van der Waals surface area (Å²) in [6, 6.07) is 11.8. The van der Waals surface area contributed by atoms with E-state index < -0.39 is 0 Å². The molecule has 0 bridgehead atoms. The van der Waals surface area contributed by atoms with Crippen molar-refractivity contribution in [1.29, 1.82) is 0 Å². The van der Waals surface area contributed by atoms with Gasteiger partial charge in [0.05, 0.1) is 6.54 Å². The molecule has 1 aromatic carbocycles. The smallest absolute Gasteiger partial charge is 0.217 e.